The summed E-state index contributed by atoms with van der Waals surface area (Å²) in [6.45, 7) is 13.6. The largest absolute Gasteiger partial charge is 0.416 e. The fourth-order valence-corrected chi connectivity index (χ4v) is 15.3. The molecule has 0 spiro atoms. The number of fused-ring (bicyclic) bond motifs is 12. The van der Waals surface area contributed by atoms with E-state index in [9.17, 15) is 63.2 Å². The van der Waals surface area contributed by atoms with Crippen molar-refractivity contribution in [1.82, 2.24) is 18.3 Å². The minimum absolute atomic E-state index is 0.0656. The van der Waals surface area contributed by atoms with Gasteiger partial charge in [0.25, 0.3) is 0 Å². The Labute approximate surface area is 586 Å². The predicted molar refractivity (Wildman–Crippen MR) is 387 cm³/mol. The Morgan fingerprint density at radius 3 is 0.923 bits per heavy atom. The summed E-state index contributed by atoms with van der Waals surface area (Å²) in [7, 11) is 0. The summed E-state index contributed by atoms with van der Waals surface area (Å²) in [5.74, 6) is 0. The zero-order valence-corrected chi connectivity index (χ0v) is 56.5. The number of nitrogens with zero attached hydrogens (tertiary/aromatic N) is 6. The van der Waals surface area contributed by atoms with Gasteiger partial charge in [0.1, 0.15) is 0 Å². The first-order valence-electron chi connectivity index (χ1n) is 33.2. The minimum Gasteiger partial charge on any atom is -0.307 e. The first-order chi connectivity index (χ1) is 49.3. The van der Waals surface area contributed by atoms with E-state index >= 15 is 0 Å². The summed E-state index contributed by atoms with van der Waals surface area (Å²) in [6.07, 6.45) is -20.4. The molecule has 0 fully saturated rings. The molecule has 0 aliphatic rings. The van der Waals surface area contributed by atoms with Crippen LogP contribution in [0.5, 0.6) is 0 Å². The zero-order valence-electron chi connectivity index (χ0n) is 56.5. The third-order valence-corrected chi connectivity index (χ3v) is 20.1. The lowest BCUT2D eigenvalue weighted by atomic mass is 9.94. The van der Waals surface area contributed by atoms with Gasteiger partial charge in [-0.2, -0.15) is 63.2 Å². The molecule has 0 saturated carbocycles. The number of rotatable bonds is 8. The molecule has 104 heavy (non-hydrogen) atoms. The Bertz CT molecular complexity index is 6320. The molecule has 4 heterocycles. The lowest BCUT2D eigenvalue weighted by molar-refractivity contribution is -0.144. The molecule has 0 amide bonds. The second kappa shape index (κ2) is 23.5. The van der Waals surface area contributed by atoms with E-state index in [0.29, 0.717) is 86.5 Å². The van der Waals surface area contributed by atoms with Crippen molar-refractivity contribution >= 4 is 87.2 Å². The van der Waals surface area contributed by atoms with Crippen molar-refractivity contribution in [2.45, 2.75) is 79.6 Å². The van der Waals surface area contributed by atoms with Crippen LogP contribution in [-0.2, 0) is 31.1 Å². The maximum atomic E-state index is 14.8. The van der Waals surface area contributed by atoms with E-state index in [1.54, 1.807) is 6.07 Å². The Hall–Kier alpha value is -12.0. The molecular weight excluding hydrogens is 1340 g/mol. The highest BCUT2D eigenvalue weighted by molar-refractivity contribution is 6.15. The Morgan fingerprint density at radius 1 is 0.279 bits per heavy atom. The van der Waals surface area contributed by atoms with E-state index in [1.807, 2.05) is 194 Å². The molecule has 4 aromatic heterocycles. The Balaban J connectivity index is 0.915. The van der Waals surface area contributed by atoms with Crippen LogP contribution in [0.2, 0.25) is 0 Å². The van der Waals surface area contributed by atoms with Crippen molar-refractivity contribution in [3.63, 3.8) is 0 Å². The van der Waals surface area contributed by atoms with Gasteiger partial charge in [0.2, 0.25) is 0 Å². The fraction of sp³-hybridized carbons (Fsp3) is 0.140. The lowest BCUT2D eigenvalue weighted by Gasteiger charge is -2.21. The Morgan fingerprint density at radius 2 is 0.567 bits per heavy atom. The number of alkyl halides is 12. The van der Waals surface area contributed by atoms with Gasteiger partial charge in [-0.3, -0.25) is 0 Å². The molecule has 0 radical (unpaired) electrons. The normalized spacial score (nSPS) is 12.6. The summed E-state index contributed by atoms with van der Waals surface area (Å²) in [4.78, 5) is 0. The van der Waals surface area contributed by atoms with Gasteiger partial charge in [-0.05, 0) is 239 Å². The average molecular weight is 1400 g/mol. The molecule has 18 heteroatoms. The van der Waals surface area contributed by atoms with Crippen LogP contribution >= 0.6 is 0 Å². The van der Waals surface area contributed by atoms with Crippen molar-refractivity contribution in [2.75, 3.05) is 0 Å². The highest BCUT2D eigenvalue weighted by Crippen LogP contribution is 2.48. The van der Waals surface area contributed by atoms with Crippen LogP contribution in [0.25, 0.3) is 132 Å². The molecule has 0 aliphatic carbocycles. The van der Waals surface area contributed by atoms with E-state index in [4.69, 9.17) is 0 Å². The van der Waals surface area contributed by atoms with Crippen LogP contribution in [0.4, 0.5) is 52.7 Å². The second-order valence-corrected chi connectivity index (χ2v) is 27.4. The average Bonchev–Trinajstić information content (AvgIpc) is 1.55. The molecular formula is C86H56F12N6. The van der Waals surface area contributed by atoms with E-state index in [0.717, 1.165) is 104 Å². The monoisotopic (exact) mass is 1400 g/mol. The van der Waals surface area contributed by atoms with Gasteiger partial charge in [-0.15, -0.1) is 0 Å². The molecule has 0 saturated heterocycles. The number of hydrogen-bond donors (Lipinski definition) is 0. The maximum Gasteiger partial charge on any atom is 0.416 e. The summed E-state index contributed by atoms with van der Waals surface area (Å²) >= 11 is 0. The topological polar surface area (TPSA) is 67.3 Å². The number of benzene rings is 12. The van der Waals surface area contributed by atoms with Crippen LogP contribution < -0.4 is 0 Å². The third-order valence-electron chi connectivity index (χ3n) is 20.1. The SMILES string of the molecule is Cc1ccc2c(c1)c1cc(C)ccc1n2-c1cc(-c2cc(C(F)(F)F)cc(C(F)(F)F)c2)c(C#N)cc1-n1c2ccc(C)cc2c2cc(Cc3cc4c5ccc(C)cc5n(-c5cc(-c6cc(C(F)(F)F)cc(C(F)(F)F)c6)c(C#N)cc5-n5c6cc(C)ccc6c6ccc(C)cc65)c4cc3C)ccc21. The zero-order chi connectivity index (χ0) is 73.3. The Kier molecular flexibility index (Phi) is 15.0. The molecule has 0 N–H and O–H groups in total. The summed E-state index contributed by atoms with van der Waals surface area (Å²) < 4.78 is 184. The van der Waals surface area contributed by atoms with Gasteiger partial charge in [0.05, 0.1) is 112 Å². The highest BCUT2D eigenvalue weighted by atomic mass is 19.4. The van der Waals surface area contributed by atoms with E-state index in [1.165, 1.54) is 18.2 Å². The van der Waals surface area contributed by atoms with Crippen molar-refractivity contribution < 1.29 is 52.7 Å². The van der Waals surface area contributed by atoms with Gasteiger partial charge in [0, 0.05) is 54.2 Å². The lowest BCUT2D eigenvalue weighted by Crippen LogP contribution is -2.11. The molecule has 12 aromatic carbocycles. The van der Waals surface area contributed by atoms with E-state index in [2.05, 4.69) is 24.3 Å². The first kappa shape index (κ1) is 66.5. The first-order valence-corrected chi connectivity index (χ1v) is 33.2. The number of hydrogen-bond acceptors (Lipinski definition) is 2. The standard InChI is InChI=1S/C86H56F12N6/c1-44-11-18-71-66(22-44)67-23-45(2)12-19-72(67)102(71)81-40-64(53-31-57(83(87,88)89)38-58(32-53)84(90,91)92)55(42-99)36-79(81)101-73-20-13-46(3)24-68(73)69-30-51(14-21-74(69)101)29-52-35-70-63-17-10-49(6)27-77(63)104(78(70)28-50(52)7)82-41-65(54-33-59(85(93,94)95)39-60(34-54)86(96,97)98)56(43-100)37-80(82)103-75-25-47(4)8-15-61(75)62-16-9-48(5)26-76(62)103/h8-28,30-41H,29H2,1-7H3. The van der Waals surface area contributed by atoms with E-state index in [-0.39, 0.29) is 34.4 Å². The third kappa shape index (κ3) is 11.0. The molecule has 0 bridgehead atoms. The number of nitriles is 2. The van der Waals surface area contributed by atoms with Crippen LogP contribution in [0, 0.1) is 71.1 Å². The summed E-state index contributed by atoms with van der Waals surface area (Å²) in [5.41, 5.74) is 7.31. The van der Waals surface area contributed by atoms with Gasteiger partial charge in [0.15, 0.2) is 0 Å². The fourth-order valence-electron chi connectivity index (χ4n) is 15.3. The maximum absolute atomic E-state index is 14.8. The van der Waals surface area contributed by atoms with Crippen LogP contribution in [0.15, 0.2) is 200 Å². The summed E-state index contributed by atoms with van der Waals surface area (Å²) in [5, 5.41) is 28.8. The molecule has 16 rings (SSSR count). The predicted octanol–water partition coefficient (Wildman–Crippen LogP) is 25.0. The molecule has 6 nitrogen and oxygen atoms in total. The molecule has 16 aromatic rings. The van der Waals surface area contributed by atoms with Crippen molar-refractivity contribution in [2.24, 2.45) is 0 Å². The van der Waals surface area contributed by atoms with Gasteiger partial charge >= 0.3 is 24.7 Å². The second-order valence-electron chi connectivity index (χ2n) is 27.4. The number of aromatic nitrogens is 4. The molecule has 0 unspecified atom stereocenters. The van der Waals surface area contributed by atoms with Crippen molar-refractivity contribution in [3.8, 4) is 57.1 Å². The quantitative estimate of drug-likeness (QED) is 0.142. The van der Waals surface area contributed by atoms with Gasteiger partial charge in [-0.25, -0.2) is 0 Å². The molecule has 514 valence electrons. The molecule has 0 aliphatic heterocycles. The number of halogens is 12. The van der Waals surface area contributed by atoms with Gasteiger partial charge < -0.3 is 18.3 Å². The van der Waals surface area contributed by atoms with Crippen molar-refractivity contribution in [3.05, 3.63) is 284 Å². The van der Waals surface area contributed by atoms with Crippen LogP contribution in [-0.4, -0.2) is 18.3 Å². The smallest absolute Gasteiger partial charge is 0.307 e. The molecule has 0 atom stereocenters. The van der Waals surface area contributed by atoms with Crippen molar-refractivity contribution in [1.29, 1.82) is 10.5 Å². The van der Waals surface area contributed by atoms with Crippen LogP contribution in [0.3, 0.4) is 0 Å². The van der Waals surface area contributed by atoms with E-state index < -0.39 is 58.1 Å². The summed E-state index contributed by atoms with van der Waals surface area (Å²) in [6, 6.07) is 58.7. The van der Waals surface area contributed by atoms with Gasteiger partial charge in [-0.1, -0.05) is 77.4 Å². The highest BCUT2D eigenvalue weighted by Gasteiger charge is 2.40. The minimum atomic E-state index is -5.19. The number of aryl methyl sites for hydroxylation is 7. The van der Waals surface area contributed by atoms with Crippen LogP contribution in [0.1, 0.15) is 83.5 Å².